The van der Waals surface area contributed by atoms with Crippen molar-refractivity contribution in [2.45, 2.75) is 82.3 Å². The third-order valence-electron chi connectivity index (χ3n) is 6.90. The molecule has 8 heteroatoms. The van der Waals surface area contributed by atoms with Crippen molar-refractivity contribution in [1.29, 1.82) is 0 Å². The van der Waals surface area contributed by atoms with Gasteiger partial charge in [0, 0.05) is 17.9 Å². The van der Waals surface area contributed by atoms with Gasteiger partial charge in [0.05, 0.1) is 5.92 Å². The molecule has 2 fully saturated rings. The molecule has 1 amide bonds. The lowest BCUT2D eigenvalue weighted by Gasteiger charge is -2.58. The van der Waals surface area contributed by atoms with Crippen LogP contribution in [0.1, 0.15) is 46.0 Å². The van der Waals surface area contributed by atoms with Crippen molar-refractivity contribution in [1.82, 2.24) is 5.32 Å². The maximum Gasteiger partial charge on any atom is 0.339 e. The summed E-state index contributed by atoms with van der Waals surface area (Å²) >= 11 is 5.95. The quantitative estimate of drug-likeness (QED) is 0.188. The van der Waals surface area contributed by atoms with E-state index >= 15 is 0 Å². The molecule has 0 bridgehead atoms. The molecule has 6 nitrogen and oxygen atoms in total. The summed E-state index contributed by atoms with van der Waals surface area (Å²) in [6, 6.07) is 0.724. The topological polar surface area (TPSA) is 84.9 Å². The second-order valence-corrected chi connectivity index (χ2v) is 14.3. The number of hydrogen-bond acceptors (Lipinski definition) is 5. The number of carbonyl (C=O) groups excluding carboxylic acids is 2. The Morgan fingerprint density at radius 3 is 2.69 bits per heavy atom. The van der Waals surface area contributed by atoms with E-state index in [0.29, 0.717) is 25.3 Å². The van der Waals surface area contributed by atoms with Gasteiger partial charge in [-0.05, 0) is 58.2 Å². The molecule has 3 aliphatic rings. The first-order valence-electron chi connectivity index (χ1n) is 10.6. The van der Waals surface area contributed by atoms with Gasteiger partial charge >= 0.3 is 5.97 Å². The van der Waals surface area contributed by atoms with Crippen molar-refractivity contribution in [3.05, 3.63) is 12.2 Å². The number of nitrogens with one attached hydrogen (secondary N) is 1. The molecule has 1 aliphatic carbocycles. The number of hydrogen-bond donors (Lipinski definition) is 2. The van der Waals surface area contributed by atoms with Crippen LogP contribution >= 0.6 is 11.6 Å². The predicted octanol–water partition coefficient (Wildman–Crippen LogP) is 3.13. The number of allylic oxidation sites excluding steroid dienone is 1. The van der Waals surface area contributed by atoms with Crippen molar-refractivity contribution in [3.8, 4) is 0 Å². The van der Waals surface area contributed by atoms with Crippen LogP contribution in [0.15, 0.2) is 12.2 Å². The van der Waals surface area contributed by atoms with Gasteiger partial charge in [-0.15, -0.1) is 11.6 Å². The largest absolute Gasteiger partial charge is 0.453 e. The maximum absolute atomic E-state index is 12.9. The molecule has 0 unspecified atom stereocenters. The van der Waals surface area contributed by atoms with Crippen LogP contribution in [0, 0.1) is 11.3 Å². The molecule has 0 aromatic carbocycles. The fraction of sp³-hybridized carbons (Fsp3) is 0.810. The molecule has 0 radical (unpaired) electrons. The third kappa shape index (κ3) is 3.79. The highest BCUT2D eigenvalue weighted by Crippen LogP contribution is 2.56. The fourth-order valence-electron chi connectivity index (χ4n) is 5.28. The summed E-state index contributed by atoms with van der Waals surface area (Å²) in [5.41, 5.74) is -2.57. The lowest BCUT2D eigenvalue weighted by molar-refractivity contribution is -0.249. The zero-order valence-electron chi connectivity index (χ0n) is 17.9. The van der Waals surface area contributed by atoms with Crippen molar-refractivity contribution >= 4 is 31.8 Å². The molecule has 29 heavy (non-hydrogen) atoms. The zero-order valence-corrected chi connectivity index (χ0v) is 19.7. The van der Waals surface area contributed by atoms with Crippen molar-refractivity contribution in [3.63, 3.8) is 0 Å². The molecule has 2 aliphatic heterocycles. The average molecular weight is 444 g/mol. The fourth-order valence-corrected chi connectivity index (χ4v) is 6.51. The van der Waals surface area contributed by atoms with Gasteiger partial charge in [0.2, 0.25) is 11.4 Å². The van der Waals surface area contributed by atoms with Crippen LogP contribution in [0.5, 0.6) is 0 Å². The summed E-state index contributed by atoms with van der Waals surface area (Å²) in [6.45, 7) is 8.16. The Morgan fingerprint density at radius 2 is 2.14 bits per heavy atom. The second-order valence-electron chi connectivity index (χ2n) is 9.79. The Bertz CT molecular complexity index is 695. The SMILES string of the molecule is C[C@@]12OC(=O)[C@]1([C@@H](OCCC[Si](C)(C)O)[C@]1(C)C=CCCC1)NC(=O)[C@@H]2CCCl. The molecule has 2 saturated heterocycles. The minimum atomic E-state index is -2.17. The molecular formula is C21H34ClNO5Si. The standard InChI is InChI=1S/C21H34ClNO5Si/c1-19(10-6-5-7-11-19)17(27-13-8-14-29(3,4)26)21-18(25)28-20(21,2)15(9-12-22)16(24)23-21/h6,10,15,17,26H,5,7-9,11-14H2,1-4H3,(H,23,24)/t15-,17-,19+,20-,21-/m0/s1. The van der Waals surface area contributed by atoms with Gasteiger partial charge < -0.3 is 19.6 Å². The summed E-state index contributed by atoms with van der Waals surface area (Å²) in [5.74, 6) is -0.781. The van der Waals surface area contributed by atoms with Gasteiger partial charge in [-0.2, -0.15) is 0 Å². The highest BCUT2D eigenvalue weighted by atomic mass is 35.5. The molecule has 2 N–H and O–H groups in total. The molecule has 5 atom stereocenters. The van der Waals surface area contributed by atoms with Gasteiger partial charge in [0.25, 0.3) is 0 Å². The van der Waals surface area contributed by atoms with Crippen LogP contribution in [0.4, 0.5) is 0 Å². The smallest absolute Gasteiger partial charge is 0.339 e. The lowest BCUT2D eigenvalue weighted by Crippen LogP contribution is -2.81. The molecule has 0 spiro atoms. The highest BCUT2D eigenvalue weighted by Gasteiger charge is 2.80. The van der Waals surface area contributed by atoms with Gasteiger partial charge in [-0.3, -0.25) is 4.79 Å². The molecular weight excluding hydrogens is 410 g/mol. The molecule has 3 rings (SSSR count). The van der Waals surface area contributed by atoms with E-state index in [4.69, 9.17) is 21.1 Å². The number of carbonyl (C=O) groups is 2. The normalized spacial score (nSPS) is 37.5. The van der Waals surface area contributed by atoms with Crippen molar-refractivity contribution < 1.29 is 23.9 Å². The number of fused-ring (bicyclic) bond motifs is 1. The molecule has 2 heterocycles. The van der Waals surface area contributed by atoms with E-state index in [1.807, 2.05) is 20.0 Å². The molecule has 164 valence electrons. The van der Waals surface area contributed by atoms with Gasteiger partial charge in [-0.25, -0.2) is 4.79 Å². The first kappa shape index (κ1) is 22.8. The highest BCUT2D eigenvalue weighted by molar-refractivity contribution is 6.69. The van der Waals surface area contributed by atoms with Crippen LogP contribution in [0.2, 0.25) is 19.1 Å². The monoisotopic (exact) mass is 443 g/mol. The summed E-state index contributed by atoms with van der Waals surface area (Å²) in [4.78, 5) is 35.9. The van der Waals surface area contributed by atoms with E-state index in [9.17, 15) is 14.4 Å². The van der Waals surface area contributed by atoms with Crippen molar-refractivity contribution in [2.75, 3.05) is 12.5 Å². The summed E-state index contributed by atoms with van der Waals surface area (Å²) in [5, 5.41) is 3.00. The molecule has 0 saturated carbocycles. The van der Waals surface area contributed by atoms with E-state index in [1.165, 1.54) is 0 Å². The zero-order chi connectivity index (χ0) is 21.5. The molecule has 0 aromatic heterocycles. The predicted molar refractivity (Wildman–Crippen MR) is 114 cm³/mol. The number of halogens is 1. The number of ether oxygens (including phenoxy) is 2. The van der Waals surface area contributed by atoms with E-state index in [0.717, 1.165) is 25.3 Å². The Hall–Kier alpha value is -0.893. The molecule has 0 aromatic rings. The Labute approximate surface area is 179 Å². The lowest BCUT2D eigenvalue weighted by atomic mass is 9.60. The van der Waals surface area contributed by atoms with E-state index in [1.54, 1.807) is 0 Å². The van der Waals surface area contributed by atoms with Gasteiger partial charge in [-0.1, -0.05) is 19.1 Å². The van der Waals surface area contributed by atoms with Crippen LogP contribution in [0.25, 0.3) is 0 Å². The first-order chi connectivity index (χ1) is 13.5. The third-order valence-corrected chi connectivity index (χ3v) is 8.70. The minimum Gasteiger partial charge on any atom is -0.453 e. The Balaban J connectivity index is 1.92. The minimum absolute atomic E-state index is 0.195. The number of esters is 1. The van der Waals surface area contributed by atoms with Crippen molar-refractivity contribution in [2.24, 2.45) is 11.3 Å². The van der Waals surface area contributed by atoms with Gasteiger partial charge in [0.15, 0.2) is 13.9 Å². The number of alkyl halides is 1. The Kier molecular flexibility index (Phi) is 6.27. The van der Waals surface area contributed by atoms with Crippen LogP contribution in [-0.2, 0) is 19.1 Å². The van der Waals surface area contributed by atoms with Gasteiger partial charge in [0.1, 0.15) is 6.10 Å². The first-order valence-corrected chi connectivity index (χ1v) is 14.3. The maximum atomic E-state index is 12.9. The van der Waals surface area contributed by atoms with E-state index in [2.05, 4.69) is 24.4 Å². The summed E-state index contributed by atoms with van der Waals surface area (Å²) < 4.78 is 12.1. The van der Waals surface area contributed by atoms with E-state index < -0.39 is 42.9 Å². The number of rotatable bonds is 9. The van der Waals surface area contributed by atoms with Crippen LogP contribution < -0.4 is 5.32 Å². The van der Waals surface area contributed by atoms with Crippen LogP contribution in [0.3, 0.4) is 0 Å². The summed E-state index contributed by atoms with van der Waals surface area (Å²) in [6.07, 6.45) is 7.77. The Morgan fingerprint density at radius 1 is 1.41 bits per heavy atom. The average Bonchev–Trinajstić information content (AvgIpc) is 2.79. The van der Waals surface area contributed by atoms with Crippen LogP contribution in [-0.4, -0.2) is 54.7 Å². The van der Waals surface area contributed by atoms with E-state index in [-0.39, 0.29) is 5.91 Å². The second kappa shape index (κ2) is 7.98. The summed E-state index contributed by atoms with van der Waals surface area (Å²) in [7, 11) is -2.17. The number of amides is 1.